The quantitative estimate of drug-likeness (QED) is 0.790. The zero-order valence-corrected chi connectivity index (χ0v) is 12.1. The van der Waals surface area contributed by atoms with E-state index in [0.29, 0.717) is 11.3 Å². The molecule has 0 aliphatic carbocycles. The molecule has 2 aromatic carbocycles. The lowest BCUT2D eigenvalue weighted by Gasteiger charge is -2.09. The Morgan fingerprint density at radius 1 is 1.14 bits per heavy atom. The Balaban J connectivity index is 2.09. The molecular weight excluding hydrogens is 295 g/mol. The fraction of sp³-hybridized carbons (Fsp3) is 0.143. The highest BCUT2D eigenvalue weighted by Gasteiger charge is 2.10. The number of nitrogens with one attached hydrogen (secondary N) is 2. The smallest absolute Gasteiger partial charge is 0.240 e. The summed E-state index contributed by atoms with van der Waals surface area (Å²) >= 11 is 0. The van der Waals surface area contributed by atoms with E-state index in [1.165, 1.54) is 37.4 Å². The van der Waals surface area contributed by atoms with E-state index in [4.69, 9.17) is 0 Å². The predicted molar refractivity (Wildman–Crippen MR) is 78.1 cm³/mol. The van der Waals surface area contributed by atoms with E-state index >= 15 is 0 Å². The minimum absolute atomic E-state index is 0.00159. The third kappa shape index (κ3) is 3.71. The van der Waals surface area contributed by atoms with Gasteiger partial charge in [-0.05, 0) is 49.5 Å². The summed E-state index contributed by atoms with van der Waals surface area (Å²) in [5.74, 6) is -0.432. The van der Waals surface area contributed by atoms with Crippen LogP contribution in [0.3, 0.4) is 0 Å². The number of phenolic OH excluding ortho intramolecular Hbond substituents is 1. The maximum absolute atomic E-state index is 13.1. The number of benzene rings is 2. The van der Waals surface area contributed by atoms with Crippen LogP contribution in [0.1, 0.15) is 5.56 Å². The molecule has 0 aromatic heterocycles. The van der Waals surface area contributed by atoms with Gasteiger partial charge in [0.25, 0.3) is 0 Å². The topological polar surface area (TPSA) is 78.4 Å². The molecule has 0 radical (unpaired) electrons. The van der Waals surface area contributed by atoms with Gasteiger partial charge in [0.2, 0.25) is 10.0 Å². The molecule has 2 aromatic rings. The summed E-state index contributed by atoms with van der Waals surface area (Å²) in [7, 11) is -2.12. The number of rotatable bonds is 5. The summed E-state index contributed by atoms with van der Waals surface area (Å²) in [6.45, 7) is 0.224. The van der Waals surface area contributed by atoms with Crippen LogP contribution in [0, 0.1) is 5.82 Å². The maximum Gasteiger partial charge on any atom is 0.240 e. The summed E-state index contributed by atoms with van der Waals surface area (Å²) in [5, 5.41) is 12.6. The van der Waals surface area contributed by atoms with Crippen molar-refractivity contribution in [3.63, 3.8) is 0 Å². The molecule has 0 fully saturated rings. The second-order valence-electron chi connectivity index (χ2n) is 4.36. The summed E-state index contributed by atoms with van der Waals surface area (Å²) in [6.07, 6.45) is 0. The third-order valence-electron chi connectivity index (χ3n) is 2.96. The molecule has 5 nitrogen and oxygen atoms in total. The Kier molecular flexibility index (Phi) is 4.44. The van der Waals surface area contributed by atoms with Crippen LogP contribution in [-0.2, 0) is 16.6 Å². The minimum atomic E-state index is -3.46. The van der Waals surface area contributed by atoms with E-state index in [-0.39, 0.29) is 17.2 Å². The zero-order chi connectivity index (χ0) is 15.5. The fourth-order valence-corrected chi connectivity index (χ4v) is 2.49. The lowest BCUT2D eigenvalue weighted by molar-refractivity contribution is 0.466. The number of halogens is 1. The molecule has 0 saturated carbocycles. The molecular formula is C14H15FN2O3S. The van der Waals surface area contributed by atoms with Crippen LogP contribution in [0.25, 0.3) is 0 Å². The first-order valence-corrected chi connectivity index (χ1v) is 7.65. The Labute approximate surface area is 122 Å². The third-order valence-corrected chi connectivity index (χ3v) is 4.39. The van der Waals surface area contributed by atoms with Crippen molar-refractivity contribution in [3.05, 3.63) is 53.8 Å². The van der Waals surface area contributed by atoms with Crippen molar-refractivity contribution in [1.29, 1.82) is 0 Å². The number of sulfonamides is 1. The van der Waals surface area contributed by atoms with Crippen LogP contribution in [0.15, 0.2) is 47.4 Å². The van der Waals surface area contributed by atoms with Gasteiger partial charge in [-0.2, -0.15) is 0 Å². The molecule has 0 aliphatic rings. The van der Waals surface area contributed by atoms with Crippen LogP contribution in [-0.4, -0.2) is 20.6 Å². The normalized spacial score (nSPS) is 11.3. The first-order chi connectivity index (χ1) is 9.92. The fourth-order valence-electron chi connectivity index (χ4n) is 1.76. The Morgan fingerprint density at radius 2 is 1.81 bits per heavy atom. The summed E-state index contributed by atoms with van der Waals surface area (Å²) in [6, 6.07) is 9.81. The van der Waals surface area contributed by atoms with Gasteiger partial charge < -0.3 is 10.4 Å². The highest BCUT2D eigenvalue weighted by atomic mass is 32.2. The van der Waals surface area contributed by atoms with Crippen molar-refractivity contribution < 1.29 is 17.9 Å². The Hall–Kier alpha value is -2.12. The second-order valence-corrected chi connectivity index (χ2v) is 6.25. The standard InChI is InChI=1S/C14H15FN2O3S/c1-16-21(19,20)13-5-3-12(4-6-13)17-9-10-8-11(15)2-7-14(10)18/h2-8,16-18H,9H2,1H3. The summed E-state index contributed by atoms with van der Waals surface area (Å²) in [4.78, 5) is 0.157. The monoisotopic (exact) mass is 310 g/mol. The second kappa shape index (κ2) is 6.11. The van der Waals surface area contributed by atoms with Gasteiger partial charge in [-0.15, -0.1) is 0 Å². The lowest BCUT2D eigenvalue weighted by Crippen LogP contribution is -2.18. The molecule has 112 valence electrons. The van der Waals surface area contributed by atoms with Crippen molar-refractivity contribution in [1.82, 2.24) is 4.72 Å². The van der Waals surface area contributed by atoms with E-state index in [9.17, 15) is 17.9 Å². The van der Waals surface area contributed by atoms with E-state index in [1.807, 2.05) is 0 Å². The van der Waals surface area contributed by atoms with Gasteiger partial charge in [0, 0.05) is 17.8 Å². The van der Waals surface area contributed by atoms with Crippen molar-refractivity contribution in [2.45, 2.75) is 11.4 Å². The van der Waals surface area contributed by atoms with E-state index in [2.05, 4.69) is 10.0 Å². The Morgan fingerprint density at radius 3 is 2.43 bits per heavy atom. The number of aromatic hydroxyl groups is 1. The highest BCUT2D eigenvalue weighted by Crippen LogP contribution is 2.20. The first kappa shape index (κ1) is 15.3. The van der Waals surface area contributed by atoms with Crippen molar-refractivity contribution >= 4 is 15.7 Å². The molecule has 3 N–H and O–H groups in total. The summed E-state index contributed by atoms with van der Waals surface area (Å²) in [5.41, 5.74) is 1.08. The average Bonchev–Trinajstić information content (AvgIpc) is 2.48. The molecule has 2 rings (SSSR count). The van der Waals surface area contributed by atoms with Gasteiger partial charge in [-0.1, -0.05) is 0 Å². The number of hydrogen-bond donors (Lipinski definition) is 3. The van der Waals surface area contributed by atoms with E-state index < -0.39 is 15.8 Å². The molecule has 0 aliphatic heterocycles. The molecule has 0 atom stereocenters. The Bertz CT molecular complexity index is 730. The zero-order valence-electron chi connectivity index (χ0n) is 11.3. The van der Waals surface area contributed by atoms with Crippen LogP contribution < -0.4 is 10.0 Å². The molecule has 21 heavy (non-hydrogen) atoms. The summed E-state index contributed by atoms with van der Waals surface area (Å²) < 4.78 is 38.4. The average molecular weight is 310 g/mol. The van der Waals surface area contributed by atoms with Gasteiger partial charge in [0.15, 0.2) is 0 Å². The van der Waals surface area contributed by atoms with Crippen LogP contribution in [0.2, 0.25) is 0 Å². The van der Waals surface area contributed by atoms with Gasteiger partial charge >= 0.3 is 0 Å². The molecule has 0 bridgehead atoms. The molecule has 0 unspecified atom stereocenters. The SMILES string of the molecule is CNS(=O)(=O)c1ccc(NCc2cc(F)ccc2O)cc1. The maximum atomic E-state index is 13.1. The molecule has 0 amide bonds. The van der Waals surface area contributed by atoms with Crippen molar-refractivity contribution in [3.8, 4) is 5.75 Å². The van der Waals surface area contributed by atoms with Gasteiger partial charge in [0.05, 0.1) is 4.90 Å². The predicted octanol–water partition coefficient (Wildman–Crippen LogP) is 2.05. The van der Waals surface area contributed by atoms with Crippen molar-refractivity contribution in [2.24, 2.45) is 0 Å². The largest absolute Gasteiger partial charge is 0.508 e. The van der Waals surface area contributed by atoms with Gasteiger partial charge in [0.1, 0.15) is 11.6 Å². The van der Waals surface area contributed by atoms with Crippen LogP contribution in [0.5, 0.6) is 5.75 Å². The minimum Gasteiger partial charge on any atom is -0.508 e. The lowest BCUT2D eigenvalue weighted by atomic mass is 10.2. The van der Waals surface area contributed by atoms with Gasteiger partial charge in [-0.3, -0.25) is 0 Å². The first-order valence-electron chi connectivity index (χ1n) is 6.17. The van der Waals surface area contributed by atoms with E-state index in [1.54, 1.807) is 12.1 Å². The van der Waals surface area contributed by atoms with Gasteiger partial charge in [-0.25, -0.2) is 17.5 Å². The van der Waals surface area contributed by atoms with E-state index in [0.717, 1.165) is 0 Å². The molecule has 0 spiro atoms. The van der Waals surface area contributed by atoms with Crippen LogP contribution in [0.4, 0.5) is 10.1 Å². The molecule has 7 heteroatoms. The number of anilines is 1. The number of hydrogen-bond acceptors (Lipinski definition) is 4. The highest BCUT2D eigenvalue weighted by molar-refractivity contribution is 7.89. The number of phenols is 1. The van der Waals surface area contributed by atoms with Crippen LogP contribution >= 0.6 is 0 Å². The molecule has 0 heterocycles. The van der Waals surface area contributed by atoms with Crippen molar-refractivity contribution in [2.75, 3.05) is 12.4 Å². The molecule has 0 saturated heterocycles.